The lowest BCUT2D eigenvalue weighted by Crippen LogP contribution is -2.47. The van der Waals surface area contributed by atoms with Crippen LogP contribution in [0.25, 0.3) is 0 Å². The van der Waals surface area contributed by atoms with Crippen molar-refractivity contribution in [2.45, 2.75) is 19.8 Å². The monoisotopic (exact) mass is 223 g/mol. The van der Waals surface area contributed by atoms with Crippen LogP contribution in [0.1, 0.15) is 18.6 Å². The van der Waals surface area contributed by atoms with E-state index in [1.807, 2.05) is 11.8 Å². The van der Waals surface area contributed by atoms with Gasteiger partial charge in [-0.05, 0) is 0 Å². The van der Waals surface area contributed by atoms with Crippen molar-refractivity contribution in [2.75, 3.05) is 26.2 Å². The Morgan fingerprint density at radius 2 is 2.19 bits per heavy atom. The molecule has 1 amide bonds. The molecule has 0 aliphatic carbocycles. The van der Waals surface area contributed by atoms with Gasteiger partial charge in [-0.25, -0.2) is 4.98 Å². The highest BCUT2D eigenvalue weighted by molar-refractivity contribution is 5.78. The van der Waals surface area contributed by atoms with Crippen LogP contribution in [0.3, 0.4) is 0 Å². The molecule has 1 fully saturated rings. The summed E-state index contributed by atoms with van der Waals surface area (Å²) in [5, 5.41) is 10.0. The van der Waals surface area contributed by atoms with Crippen molar-refractivity contribution in [3.63, 3.8) is 0 Å². The zero-order valence-electron chi connectivity index (χ0n) is 9.49. The number of aromatic amines is 1. The third-order valence-corrected chi connectivity index (χ3v) is 2.68. The fourth-order valence-electron chi connectivity index (χ4n) is 1.74. The topological polar surface area (TPSA) is 73.9 Å². The highest BCUT2D eigenvalue weighted by Crippen LogP contribution is 2.00. The largest absolute Gasteiger partial charge is 0.340 e. The Labute approximate surface area is 94.4 Å². The van der Waals surface area contributed by atoms with Gasteiger partial charge in [0.2, 0.25) is 5.91 Å². The Bertz CT molecular complexity index is 356. The Balaban J connectivity index is 1.90. The van der Waals surface area contributed by atoms with E-state index in [-0.39, 0.29) is 5.91 Å². The van der Waals surface area contributed by atoms with E-state index in [2.05, 4.69) is 20.5 Å². The van der Waals surface area contributed by atoms with E-state index in [4.69, 9.17) is 0 Å². The number of aromatic nitrogens is 3. The number of nitrogens with zero attached hydrogens (tertiary/aromatic N) is 3. The van der Waals surface area contributed by atoms with E-state index < -0.39 is 0 Å². The van der Waals surface area contributed by atoms with Crippen molar-refractivity contribution in [3.05, 3.63) is 11.6 Å². The number of H-pyrrole nitrogens is 1. The van der Waals surface area contributed by atoms with Gasteiger partial charge in [0.15, 0.2) is 0 Å². The van der Waals surface area contributed by atoms with Crippen molar-refractivity contribution in [2.24, 2.45) is 0 Å². The first-order valence-electron chi connectivity index (χ1n) is 5.68. The third kappa shape index (κ3) is 2.57. The van der Waals surface area contributed by atoms with Gasteiger partial charge in [-0.1, -0.05) is 6.92 Å². The zero-order valence-corrected chi connectivity index (χ0v) is 9.49. The summed E-state index contributed by atoms with van der Waals surface area (Å²) in [6, 6.07) is 0. The summed E-state index contributed by atoms with van der Waals surface area (Å²) in [5.74, 6) is 1.56. The number of nitrogens with one attached hydrogen (secondary N) is 2. The molecule has 6 heteroatoms. The smallest absolute Gasteiger partial charge is 0.230 e. The molecule has 1 aromatic heterocycles. The first kappa shape index (κ1) is 11.1. The molecule has 1 saturated heterocycles. The normalized spacial score (nSPS) is 16.4. The van der Waals surface area contributed by atoms with E-state index in [1.54, 1.807) is 0 Å². The van der Waals surface area contributed by atoms with E-state index in [0.717, 1.165) is 38.4 Å². The Hall–Kier alpha value is -1.43. The van der Waals surface area contributed by atoms with Crippen molar-refractivity contribution < 1.29 is 4.79 Å². The van der Waals surface area contributed by atoms with Gasteiger partial charge in [0, 0.05) is 32.6 Å². The van der Waals surface area contributed by atoms with Crippen LogP contribution in [0.2, 0.25) is 0 Å². The van der Waals surface area contributed by atoms with E-state index in [0.29, 0.717) is 12.2 Å². The summed E-state index contributed by atoms with van der Waals surface area (Å²) in [4.78, 5) is 18.0. The van der Waals surface area contributed by atoms with Crippen LogP contribution < -0.4 is 5.32 Å². The summed E-state index contributed by atoms with van der Waals surface area (Å²) in [6.07, 6.45) is 1.12. The quantitative estimate of drug-likeness (QED) is 0.713. The van der Waals surface area contributed by atoms with Gasteiger partial charge in [-0.15, -0.1) is 0 Å². The number of piperazine rings is 1. The lowest BCUT2D eigenvalue weighted by molar-refractivity contribution is -0.131. The van der Waals surface area contributed by atoms with E-state index >= 15 is 0 Å². The average molecular weight is 223 g/mol. The number of carbonyl (C=O) groups is 1. The number of hydrogen-bond donors (Lipinski definition) is 2. The van der Waals surface area contributed by atoms with Crippen LogP contribution in [0.15, 0.2) is 0 Å². The molecule has 2 rings (SSSR count). The summed E-state index contributed by atoms with van der Waals surface area (Å²) in [6.45, 7) is 5.32. The highest BCUT2D eigenvalue weighted by atomic mass is 16.2. The third-order valence-electron chi connectivity index (χ3n) is 2.68. The second-order valence-electron chi connectivity index (χ2n) is 3.86. The summed E-state index contributed by atoms with van der Waals surface area (Å²) < 4.78 is 0. The molecule has 1 aromatic rings. The minimum atomic E-state index is 0.125. The van der Waals surface area contributed by atoms with Crippen LogP contribution in [0.5, 0.6) is 0 Å². The number of amides is 1. The minimum Gasteiger partial charge on any atom is -0.340 e. The highest BCUT2D eigenvalue weighted by Gasteiger charge is 2.17. The molecule has 6 nitrogen and oxygen atoms in total. The predicted molar refractivity (Wildman–Crippen MR) is 58.9 cm³/mol. The predicted octanol–water partition coefficient (Wildman–Crippen LogP) is -0.659. The van der Waals surface area contributed by atoms with Crippen molar-refractivity contribution in [1.29, 1.82) is 0 Å². The molecule has 0 unspecified atom stereocenters. The molecule has 1 aliphatic heterocycles. The van der Waals surface area contributed by atoms with Gasteiger partial charge in [-0.3, -0.25) is 9.89 Å². The number of aryl methyl sites for hydroxylation is 1. The lowest BCUT2D eigenvalue weighted by atomic mass is 10.3. The van der Waals surface area contributed by atoms with Crippen LogP contribution in [0.4, 0.5) is 0 Å². The van der Waals surface area contributed by atoms with Crippen LogP contribution in [-0.2, 0) is 17.6 Å². The molecule has 0 spiro atoms. The summed E-state index contributed by atoms with van der Waals surface area (Å²) in [5.41, 5.74) is 0. The maximum absolute atomic E-state index is 11.9. The zero-order chi connectivity index (χ0) is 11.4. The Morgan fingerprint density at radius 1 is 1.44 bits per heavy atom. The number of hydrogen-bond acceptors (Lipinski definition) is 4. The average Bonchev–Trinajstić information content (AvgIpc) is 2.78. The maximum Gasteiger partial charge on any atom is 0.230 e. The van der Waals surface area contributed by atoms with Gasteiger partial charge in [0.05, 0.1) is 6.42 Å². The van der Waals surface area contributed by atoms with Crippen LogP contribution in [0, 0.1) is 0 Å². The minimum absolute atomic E-state index is 0.125. The standard InChI is InChI=1S/C10H17N5O/c1-2-8-12-9(14-13-8)7-10(16)15-5-3-11-4-6-15/h11H,2-7H2,1H3,(H,12,13,14). The molecule has 88 valence electrons. The summed E-state index contributed by atoms with van der Waals surface area (Å²) >= 11 is 0. The molecule has 0 bridgehead atoms. The molecule has 0 aromatic carbocycles. The SMILES string of the molecule is CCc1n[nH]c(CC(=O)N2CCNCC2)n1. The molecular formula is C10H17N5O. The van der Waals surface area contributed by atoms with Crippen molar-refractivity contribution >= 4 is 5.91 Å². The van der Waals surface area contributed by atoms with Gasteiger partial charge >= 0.3 is 0 Å². The first-order chi connectivity index (χ1) is 7.79. The molecular weight excluding hydrogens is 206 g/mol. The molecule has 1 aliphatic rings. The van der Waals surface area contributed by atoms with Gasteiger partial charge in [0.25, 0.3) is 0 Å². The second kappa shape index (κ2) is 5.07. The number of rotatable bonds is 3. The Morgan fingerprint density at radius 3 is 2.81 bits per heavy atom. The van der Waals surface area contributed by atoms with Gasteiger partial charge in [0.1, 0.15) is 11.6 Å². The lowest BCUT2D eigenvalue weighted by Gasteiger charge is -2.27. The molecule has 0 saturated carbocycles. The van der Waals surface area contributed by atoms with Crippen LogP contribution >= 0.6 is 0 Å². The van der Waals surface area contributed by atoms with Crippen LogP contribution in [-0.4, -0.2) is 52.2 Å². The first-order valence-corrected chi connectivity index (χ1v) is 5.68. The van der Waals surface area contributed by atoms with Gasteiger partial charge < -0.3 is 10.2 Å². The maximum atomic E-state index is 11.9. The summed E-state index contributed by atoms with van der Waals surface area (Å²) in [7, 11) is 0. The van der Waals surface area contributed by atoms with Gasteiger partial charge in [-0.2, -0.15) is 5.10 Å². The fraction of sp³-hybridized carbons (Fsp3) is 0.700. The Kier molecular flexibility index (Phi) is 3.51. The molecule has 0 radical (unpaired) electrons. The molecule has 2 N–H and O–H groups in total. The van der Waals surface area contributed by atoms with Crippen molar-refractivity contribution in [3.8, 4) is 0 Å². The molecule has 16 heavy (non-hydrogen) atoms. The van der Waals surface area contributed by atoms with E-state index in [9.17, 15) is 4.79 Å². The molecule has 0 atom stereocenters. The van der Waals surface area contributed by atoms with Crippen molar-refractivity contribution in [1.82, 2.24) is 25.4 Å². The fourth-order valence-corrected chi connectivity index (χ4v) is 1.74. The number of carbonyl (C=O) groups excluding carboxylic acids is 1. The second-order valence-corrected chi connectivity index (χ2v) is 3.86. The molecule has 2 heterocycles. The van der Waals surface area contributed by atoms with E-state index in [1.165, 1.54) is 0 Å².